The fraction of sp³-hybridized carbons (Fsp3) is 0.797. The highest BCUT2D eigenvalue weighted by Gasteiger charge is 2.17. The zero-order chi connectivity index (χ0) is 46.3. The third-order valence-electron chi connectivity index (χ3n) is 12.1. The van der Waals surface area contributed by atoms with Gasteiger partial charge >= 0.3 is 11.9 Å². The Morgan fingerprint density at radius 3 is 1.12 bits per heavy atom. The number of allylic oxidation sites excluding steroid dienone is 10. The quantitative estimate of drug-likeness (QED) is 0.0346. The van der Waals surface area contributed by atoms with Gasteiger partial charge in [-0.3, -0.25) is 9.59 Å². The largest absolute Gasteiger partial charge is 0.462 e. The molecule has 5 heteroatoms. The summed E-state index contributed by atoms with van der Waals surface area (Å²) >= 11 is 0. The Bertz CT molecular complexity index is 1100. The smallest absolute Gasteiger partial charge is 0.306 e. The summed E-state index contributed by atoms with van der Waals surface area (Å²) < 4.78 is 17.4. The topological polar surface area (TPSA) is 61.8 Å². The number of hydrogen-bond acceptors (Lipinski definition) is 5. The average molecular weight is 895 g/mol. The van der Waals surface area contributed by atoms with Gasteiger partial charge in [0, 0.05) is 19.4 Å². The highest BCUT2D eigenvalue weighted by molar-refractivity contribution is 5.70. The van der Waals surface area contributed by atoms with Gasteiger partial charge in [-0.1, -0.05) is 261 Å². The summed E-state index contributed by atoms with van der Waals surface area (Å²) in [5.41, 5.74) is 0. The van der Waals surface area contributed by atoms with E-state index >= 15 is 0 Å². The van der Waals surface area contributed by atoms with E-state index in [2.05, 4.69) is 81.5 Å². The fourth-order valence-electron chi connectivity index (χ4n) is 7.95. The summed E-state index contributed by atoms with van der Waals surface area (Å²) in [5, 5.41) is 0. The van der Waals surface area contributed by atoms with Crippen LogP contribution in [0.4, 0.5) is 0 Å². The average Bonchev–Trinajstić information content (AvgIpc) is 3.30. The lowest BCUT2D eigenvalue weighted by molar-refractivity contribution is -0.163. The van der Waals surface area contributed by atoms with E-state index in [1.807, 2.05) is 0 Å². The van der Waals surface area contributed by atoms with Gasteiger partial charge in [-0.15, -0.1) is 0 Å². The van der Waals surface area contributed by atoms with E-state index in [1.54, 1.807) is 0 Å². The molecule has 64 heavy (non-hydrogen) atoms. The summed E-state index contributed by atoms with van der Waals surface area (Å²) in [6.07, 6.45) is 69.5. The highest BCUT2D eigenvalue weighted by atomic mass is 16.6. The van der Waals surface area contributed by atoms with Crippen molar-refractivity contribution in [2.45, 2.75) is 284 Å². The number of carbonyl (C=O) groups is 2. The molecule has 0 aliphatic rings. The van der Waals surface area contributed by atoms with Crippen LogP contribution in [0, 0.1) is 0 Å². The van der Waals surface area contributed by atoms with Crippen molar-refractivity contribution >= 4 is 11.9 Å². The molecule has 0 aromatic rings. The number of carbonyl (C=O) groups excluding carboxylic acids is 2. The molecule has 0 aromatic heterocycles. The van der Waals surface area contributed by atoms with Crippen molar-refractivity contribution in [1.82, 2.24) is 0 Å². The van der Waals surface area contributed by atoms with Gasteiger partial charge in [0.2, 0.25) is 0 Å². The summed E-state index contributed by atoms with van der Waals surface area (Å²) in [6, 6.07) is 0. The first-order valence-electron chi connectivity index (χ1n) is 27.8. The molecule has 0 N–H and O–H groups in total. The van der Waals surface area contributed by atoms with Gasteiger partial charge < -0.3 is 14.2 Å². The predicted octanol–water partition coefficient (Wildman–Crippen LogP) is 18.9. The van der Waals surface area contributed by atoms with Crippen LogP contribution in [-0.2, 0) is 23.8 Å². The number of unbranched alkanes of at least 4 members (excludes halogenated alkanes) is 30. The Kier molecular flexibility index (Phi) is 52.9. The SMILES string of the molecule is CC/C=C\C/C=C\C/C=C\C/C=C\C/C=C\CCCCCC(=O)O[C@H](COCCCCCCCCCCCCCCCCCC)COC(=O)CCCCCCCCCCCCCCC. The number of ether oxygens (including phenoxy) is 3. The number of rotatable bonds is 51. The van der Waals surface area contributed by atoms with Crippen molar-refractivity contribution < 1.29 is 23.8 Å². The van der Waals surface area contributed by atoms with Crippen molar-refractivity contribution in [3.8, 4) is 0 Å². The van der Waals surface area contributed by atoms with E-state index in [9.17, 15) is 9.59 Å². The van der Waals surface area contributed by atoms with Gasteiger partial charge in [-0.2, -0.15) is 0 Å². The first kappa shape index (κ1) is 61.6. The Labute approximate surface area is 398 Å². The van der Waals surface area contributed by atoms with E-state index in [0.29, 0.717) is 19.4 Å². The Balaban J connectivity index is 4.31. The molecular weight excluding hydrogens is 789 g/mol. The molecule has 0 aromatic carbocycles. The molecule has 0 aliphatic carbocycles. The molecule has 372 valence electrons. The maximum Gasteiger partial charge on any atom is 0.306 e. The van der Waals surface area contributed by atoms with E-state index in [-0.39, 0.29) is 25.2 Å². The second kappa shape index (κ2) is 54.9. The molecule has 0 unspecified atom stereocenters. The molecular formula is C59H106O5. The third kappa shape index (κ3) is 52.2. The van der Waals surface area contributed by atoms with Gasteiger partial charge in [-0.05, 0) is 64.2 Å². The zero-order valence-corrected chi connectivity index (χ0v) is 42.8. The molecule has 0 heterocycles. The summed E-state index contributed by atoms with van der Waals surface area (Å²) in [4.78, 5) is 25.4. The molecule has 0 rings (SSSR count). The van der Waals surface area contributed by atoms with Gasteiger partial charge in [0.05, 0.1) is 6.61 Å². The Morgan fingerprint density at radius 1 is 0.359 bits per heavy atom. The summed E-state index contributed by atoms with van der Waals surface area (Å²) in [5.74, 6) is -0.421. The van der Waals surface area contributed by atoms with Crippen molar-refractivity contribution in [3.63, 3.8) is 0 Å². The van der Waals surface area contributed by atoms with Gasteiger partial charge in [0.25, 0.3) is 0 Å². The molecule has 0 fully saturated rings. The van der Waals surface area contributed by atoms with E-state index in [0.717, 1.165) is 83.5 Å². The lowest BCUT2D eigenvalue weighted by Crippen LogP contribution is -2.30. The standard InChI is InChI=1S/C59H106O5/c1-4-7-10-13-16-19-22-25-27-29-30-31-32-35-38-41-44-47-50-53-59(61)64-57(56-63-58(60)52-49-46-43-40-37-34-24-21-18-15-12-9-6-3)55-62-54-51-48-45-42-39-36-33-28-26-23-20-17-14-11-8-5-2/h7,10,16,19,25,27,30-31,35,38,57H,4-6,8-9,11-15,17-18,20-24,26,28-29,32-34,36-37,39-56H2,1-3H3/b10-7-,19-16-,27-25-,31-30-,38-35-/t57-/m1/s1. The van der Waals surface area contributed by atoms with Crippen LogP contribution in [0.5, 0.6) is 0 Å². The van der Waals surface area contributed by atoms with Gasteiger partial charge in [0.1, 0.15) is 6.61 Å². The second-order valence-electron chi connectivity index (χ2n) is 18.5. The maximum atomic E-state index is 12.8. The number of esters is 2. The van der Waals surface area contributed by atoms with Crippen LogP contribution in [0.15, 0.2) is 60.8 Å². The van der Waals surface area contributed by atoms with Crippen LogP contribution >= 0.6 is 0 Å². The van der Waals surface area contributed by atoms with E-state index in [4.69, 9.17) is 14.2 Å². The van der Waals surface area contributed by atoms with Gasteiger partial charge in [0.15, 0.2) is 6.10 Å². The van der Waals surface area contributed by atoms with Crippen LogP contribution in [0.25, 0.3) is 0 Å². The van der Waals surface area contributed by atoms with Crippen LogP contribution in [0.3, 0.4) is 0 Å². The van der Waals surface area contributed by atoms with Crippen molar-refractivity contribution in [2.75, 3.05) is 19.8 Å². The lowest BCUT2D eigenvalue weighted by Gasteiger charge is -2.18. The fourth-order valence-corrected chi connectivity index (χ4v) is 7.95. The predicted molar refractivity (Wildman–Crippen MR) is 279 cm³/mol. The summed E-state index contributed by atoms with van der Waals surface area (Å²) in [7, 11) is 0. The monoisotopic (exact) mass is 895 g/mol. The molecule has 0 saturated heterocycles. The van der Waals surface area contributed by atoms with Crippen LogP contribution in [-0.4, -0.2) is 37.9 Å². The molecule has 0 amide bonds. The molecule has 0 radical (unpaired) electrons. The Morgan fingerprint density at radius 2 is 0.703 bits per heavy atom. The minimum Gasteiger partial charge on any atom is -0.462 e. The molecule has 0 spiro atoms. The van der Waals surface area contributed by atoms with Crippen molar-refractivity contribution in [3.05, 3.63) is 60.8 Å². The van der Waals surface area contributed by atoms with Crippen molar-refractivity contribution in [2.24, 2.45) is 0 Å². The van der Waals surface area contributed by atoms with E-state index in [1.165, 1.54) is 161 Å². The second-order valence-corrected chi connectivity index (χ2v) is 18.5. The molecule has 1 atom stereocenters. The molecule has 5 nitrogen and oxygen atoms in total. The maximum absolute atomic E-state index is 12.8. The first-order chi connectivity index (χ1) is 31.6. The van der Waals surface area contributed by atoms with Crippen molar-refractivity contribution in [1.29, 1.82) is 0 Å². The normalized spacial score (nSPS) is 12.6. The first-order valence-corrected chi connectivity index (χ1v) is 27.8. The molecule has 0 bridgehead atoms. The van der Waals surface area contributed by atoms with Crippen LogP contribution in [0.1, 0.15) is 278 Å². The van der Waals surface area contributed by atoms with Crippen LogP contribution < -0.4 is 0 Å². The van der Waals surface area contributed by atoms with Crippen LogP contribution in [0.2, 0.25) is 0 Å². The zero-order valence-electron chi connectivity index (χ0n) is 42.8. The minimum atomic E-state index is -0.551. The lowest BCUT2D eigenvalue weighted by atomic mass is 10.0. The number of hydrogen-bond donors (Lipinski definition) is 0. The molecule has 0 saturated carbocycles. The van der Waals surface area contributed by atoms with E-state index < -0.39 is 6.10 Å². The Hall–Kier alpha value is -2.40. The third-order valence-corrected chi connectivity index (χ3v) is 12.1. The van der Waals surface area contributed by atoms with Gasteiger partial charge in [-0.25, -0.2) is 0 Å². The minimum absolute atomic E-state index is 0.0754. The summed E-state index contributed by atoms with van der Waals surface area (Å²) in [6.45, 7) is 7.72. The molecule has 0 aliphatic heterocycles. The highest BCUT2D eigenvalue weighted by Crippen LogP contribution is 2.16.